The van der Waals surface area contributed by atoms with Crippen LogP contribution in [0.15, 0.2) is 23.3 Å². The molecule has 1 rings (SSSR count). The van der Waals surface area contributed by atoms with Gasteiger partial charge in [-0.15, -0.1) is 0 Å². The molecule has 0 saturated carbocycles. The van der Waals surface area contributed by atoms with Gasteiger partial charge in [0.1, 0.15) is 0 Å². The van der Waals surface area contributed by atoms with Crippen molar-refractivity contribution < 1.29 is 8.85 Å². The fourth-order valence-electron chi connectivity index (χ4n) is 1.47. The smallest absolute Gasteiger partial charge is 0.332 e. The van der Waals surface area contributed by atoms with E-state index in [4.69, 9.17) is 8.85 Å². The van der Waals surface area contributed by atoms with Crippen molar-refractivity contribution in [1.82, 2.24) is 0 Å². The first-order chi connectivity index (χ1) is 5.70. The molecule has 1 atom stereocenters. The summed E-state index contributed by atoms with van der Waals surface area (Å²) >= 11 is 0. The summed E-state index contributed by atoms with van der Waals surface area (Å²) in [5.41, 5.74) is 3.18. The molecule has 2 nitrogen and oxygen atoms in total. The Balaban J connectivity index is 2.72. The molecular weight excluding hydrogens is 168 g/mol. The molecule has 12 heavy (non-hydrogen) atoms. The summed E-state index contributed by atoms with van der Waals surface area (Å²) in [7, 11) is 1.98. The quantitative estimate of drug-likeness (QED) is 0.622. The number of rotatable bonds is 3. The summed E-state index contributed by atoms with van der Waals surface area (Å²) in [6.07, 6.45) is 4.34. The highest BCUT2D eigenvalue weighted by atomic mass is 28.3. The summed E-state index contributed by atoms with van der Waals surface area (Å²) in [6.45, 7) is 4.28. The predicted octanol–water partition coefficient (Wildman–Crippen LogP) is 1.78. The van der Waals surface area contributed by atoms with Crippen molar-refractivity contribution in [2.75, 3.05) is 14.2 Å². The zero-order valence-electron chi connectivity index (χ0n) is 8.13. The van der Waals surface area contributed by atoms with Gasteiger partial charge in [-0.2, -0.15) is 0 Å². The molecule has 0 heterocycles. The number of hydrogen-bond donors (Lipinski definition) is 0. The lowest BCUT2D eigenvalue weighted by Crippen LogP contribution is -2.25. The molecule has 0 aromatic rings. The summed E-state index contributed by atoms with van der Waals surface area (Å²) in [4.78, 5) is 0. The summed E-state index contributed by atoms with van der Waals surface area (Å²) < 4.78 is 10.7. The molecule has 1 aliphatic carbocycles. The number of allylic oxidation sites excluding steroid dienone is 4. The third kappa shape index (κ3) is 1.68. The minimum atomic E-state index is -1.49. The number of hydrogen-bond acceptors (Lipinski definition) is 2. The molecule has 3 heteroatoms. The van der Waals surface area contributed by atoms with E-state index in [2.05, 4.69) is 26.0 Å². The molecule has 0 N–H and O–H groups in total. The molecule has 0 saturated heterocycles. The van der Waals surface area contributed by atoms with Crippen molar-refractivity contribution >= 4 is 9.28 Å². The Hall–Kier alpha value is -0.383. The van der Waals surface area contributed by atoms with E-state index in [1.807, 2.05) is 0 Å². The SMILES string of the molecule is CO[SiH](OC)C1C=CC(C)=C1C. The van der Waals surface area contributed by atoms with Crippen LogP contribution in [0.25, 0.3) is 0 Å². The van der Waals surface area contributed by atoms with Crippen LogP contribution in [-0.2, 0) is 8.85 Å². The molecule has 1 unspecified atom stereocenters. The summed E-state index contributed by atoms with van der Waals surface area (Å²) in [5, 5.41) is 0. The second kappa shape index (κ2) is 4.03. The maximum atomic E-state index is 5.33. The van der Waals surface area contributed by atoms with E-state index in [0.717, 1.165) is 0 Å². The van der Waals surface area contributed by atoms with Gasteiger partial charge in [-0.25, -0.2) is 0 Å². The van der Waals surface area contributed by atoms with E-state index < -0.39 is 9.28 Å². The highest BCUT2D eigenvalue weighted by Gasteiger charge is 2.26. The van der Waals surface area contributed by atoms with Gasteiger partial charge in [0.2, 0.25) is 0 Å². The van der Waals surface area contributed by atoms with Gasteiger partial charge >= 0.3 is 9.28 Å². The van der Waals surface area contributed by atoms with Gasteiger partial charge in [-0.3, -0.25) is 0 Å². The van der Waals surface area contributed by atoms with Gasteiger partial charge in [-0.1, -0.05) is 23.3 Å². The van der Waals surface area contributed by atoms with Gasteiger partial charge in [0.05, 0.1) is 0 Å². The third-order valence-corrected chi connectivity index (χ3v) is 4.67. The van der Waals surface area contributed by atoms with Gasteiger partial charge in [0, 0.05) is 19.8 Å². The Morgan fingerprint density at radius 2 is 1.83 bits per heavy atom. The summed E-state index contributed by atoms with van der Waals surface area (Å²) in [6, 6.07) is 0. The normalized spacial score (nSPS) is 22.9. The zero-order chi connectivity index (χ0) is 9.14. The topological polar surface area (TPSA) is 18.5 Å². The molecule has 1 aliphatic rings. The second-order valence-electron chi connectivity index (χ2n) is 3.09. The van der Waals surface area contributed by atoms with Gasteiger partial charge in [0.25, 0.3) is 0 Å². The molecule has 68 valence electrons. The molecule has 0 aromatic heterocycles. The highest BCUT2D eigenvalue weighted by molar-refractivity contribution is 6.48. The van der Waals surface area contributed by atoms with E-state index in [9.17, 15) is 0 Å². The van der Waals surface area contributed by atoms with Crippen LogP contribution in [0.4, 0.5) is 0 Å². The Bertz CT molecular complexity index is 217. The largest absolute Gasteiger partial charge is 0.399 e. The Kier molecular flexibility index (Phi) is 3.26. The van der Waals surface area contributed by atoms with Crippen molar-refractivity contribution in [2.24, 2.45) is 0 Å². The van der Waals surface area contributed by atoms with Gasteiger partial charge < -0.3 is 8.85 Å². The van der Waals surface area contributed by atoms with Crippen LogP contribution in [-0.4, -0.2) is 23.5 Å². The van der Waals surface area contributed by atoms with Crippen LogP contribution >= 0.6 is 0 Å². The lowest BCUT2D eigenvalue weighted by atomic mass is 10.2. The van der Waals surface area contributed by atoms with E-state index in [0.29, 0.717) is 5.54 Å². The maximum absolute atomic E-state index is 5.33. The Labute approximate surface area is 75.7 Å². The van der Waals surface area contributed by atoms with Crippen molar-refractivity contribution in [2.45, 2.75) is 19.4 Å². The van der Waals surface area contributed by atoms with Crippen LogP contribution in [0.5, 0.6) is 0 Å². The lowest BCUT2D eigenvalue weighted by molar-refractivity contribution is 0.274. The molecule has 0 aliphatic heterocycles. The van der Waals surface area contributed by atoms with E-state index in [1.165, 1.54) is 11.1 Å². The molecule has 0 aromatic carbocycles. The van der Waals surface area contributed by atoms with E-state index in [-0.39, 0.29) is 0 Å². The molecule has 0 radical (unpaired) electrons. The van der Waals surface area contributed by atoms with Crippen LogP contribution in [0, 0.1) is 0 Å². The zero-order valence-corrected chi connectivity index (χ0v) is 9.28. The fourth-order valence-corrected chi connectivity index (χ4v) is 3.21. The average molecular weight is 184 g/mol. The molecule has 0 amide bonds. The second-order valence-corrected chi connectivity index (χ2v) is 5.49. The van der Waals surface area contributed by atoms with Crippen LogP contribution < -0.4 is 0 Å². The van der Waals surface area contributed by atoms with E-state index in [1.54, 1.807) is 14.2 Å². The molecule has 0 spiro atoms. The van der Waals surface area contributed by atoms with Crippen molar-refractivity contribution in [1.29, 1.82) is 0 Å². The molecular formula is C9H16O2Si. The minimum Gasteiger partial charge on any atom is -0.399 e. The highest BCUT2D eigenvalue weighted by Crippen LogP contribution is 2.32. The van der Waals surface area contributed by atoms with Crippen molar-refractivity contribution in [3.63, 3.8) is 0 Å². The maximum Gasteiger partial charge on any atom is 0.332 e. The van der Waals surface area contributed by atoms with Crippen LogP contribution in [0.3, 0.4) is 0 Å². The Morgan fingerprint density at radius 3 is 2.17 bits per heavy atom. The van der Waals surface area contributed by atoms with Gasteiger partial charge in [0.15, 0.2) is 0 Å². The molecule has 0 bridgehead atoms. The average Bonchev–Trinajstić information content (AvgIpc) is 2.38. The van der Waals surface area contributed by atoms with Crippen LogP contribution in [0.1, 0.15) is 13.8 Å². The first-order valence-corrected chi connectivity index (χ1v) is 5.72. The van der Waals surface area contributed by atoms with Crippen LogP contribution in [0.2, 0.25) is 5.54 Å². The molecule has 0 fully saturated rings. The first-order valence-electron chi connectivity index (χ1n) is 4.12. The van der Waals surface area contributed by atoms with Gasteiger partial charge in [-0.05, 0) is 13.8 Å². The minimum absolute atomic E-state index is 0.431. The summed E-state index contributed by atoms with van der Waals surface area (Å²) in [5.74, 6) is 0. The fraction of sp³-hybridized carbons (Fsp3) is 0.556. The first kappa shape index (κ1) is 9.70. The van der Waals surface area contributed by atoms with E-state index >= 15 is 0 Å². The van der Waals surface area contributed by atoms with Crippen molar-refractivity contribution in [3.05, 3.63) is 23.3 Å². The predicted molar refractivity (Wildman–Crippen MR) is 52.4 cm³/mol. The Morgan fingerprint density at radius 1 is 1.25 bits per heavy atom. The monoisotopic (exact) mass is 184 g/mol. The van der Waals surface area contributed by atoms with Crippen molar-refractivity contribution in [3.8, 4) is 0 Å². The lowest BCUT2D eigenvalue weighted by Gasteiger charge is -2.18. The third-order valence-electron chi connectivity index (χ3n) is 2.43. The standard InChI is InChI=1S/C9H16O2Si/c1-7-5-6-9(8(7)2)12(10-3)11-4/h5-6,9,12H,1-4H3.